The van der Waals surface area contributed by atoms with Gasteiger partial charge in [-0.2, -0.15) is 0 Å². The van der Waals surface area contributed by atoms with Crippen molar-refractivity contribution in [3.8, 4) is 0 Å². The van der Waals surface area contributed by atoms with E-state index < -0.39 is 5.97 Å². The summed E-state index contributed by atoms with van der Waals surface area (Å²) in [7, 11) is 0. The van der Waals surface area contributed by atoms with E-state index in [1.165, 1.54) is 0 Å². The Hall–Kier alpha value is -0.940. The van der Waals surface area contributed by atoms with Gasteiger partial charge >= 0.3 is 5.97 Å². The number of carboxylic acid groups (broad SMARTS) is 1. The fourth-order valence-corrected chi connectivity index (χ4v) is 1.93. The highest BCUT2D eigenvalue weighted by Gasteiger charge is 2.04. The molecule has 1 rings (SSSR count). The van der Waals surface area contributed by atoms with Crippen LogP contribution in [-0.2, 0) is 11.3 Å². The van der Waals surface area contributed by atoms with Crippen LogP contribution in [0.1, 0.15) is 15.6 Å². The maximum Gasteiger partial charge on any atom is 0.317 e. The standard InChI is InChI=1S/C8H12N2O2S/c1-5-7(13-6(2)10-5)3-9-4-8(11)12/h9H,3-4H2,1-2H3,(H,11,12). The van der Waals surface area contributed by atoms with E-state index in [4.69, 9.17) is 5.11 Å². The normalized spacial score (nSPS) is 10.3. The van der Waals surface area contributed by atoms with Crippen molar-refractivity contribution < 1.29 is 9.90 Å². The topological polar surface area (TPSA) is 62.2 Å². The van der Waals surface area contributed by atoms with E-state index in [0.29, 0.717) is 6.54 Å². The average molecular weight is 200 g/mol. The number of carboxylic acids is 1. The minimum absolute atomic E-state index is 0.00358. The maximum atomic E-state index is 10.2. The molecule has 0 unspecified atom stereocenters. The molecule has 1 aromatic rings. The van der Waals surface area contributed by atoms with Crippen LogP contribution < -0.4 is 5.32 Å². The highest BCUT2D eigenvalue weighted by molar-refractivity contribution is 7.11. The minimum Gasteiger partial charge on any atom is -0.480 e. The predicted molar refractivity (Wildman–Crippen MR) is 50.9 cm³/mol. The van der Waals surface area contributed by atoms with Gasteiger partial charge in [0.1, 0.15) is 0 Å². The van der Waals surface area contributed by atoms with Crippen LogP contribution in [0.25, 0.3) is 0 Å². The molecule has 1 aromatic heterocycles. The van der Waals surface area contributed by atoms with Crippen molar-refractivity contribution in [1.82, 2.24) is 10.3 Å². The van der Waals surface area contributed by atoms with Crippen molar-refractivity contribution in [3.05, 3.63) is 15.6 Å². The molecule has 2 N–H and O–H groups in total. The highest BCUT2D eigenvalue weighted by Crippen LogP contribution is 2.16. The van der Waals surface area contributed by atoms with Gasteiger partial charge < -0.3 is 10.4 Å². The van der Waals surface area contributed by atoms with Crippen molar-refractivity contribution >= 4 is 17.3 Å². The quantitative estimate of drug-likeness (QED) is 0.759. The van der Waals surface area contributed by atoms with E-state index in [1.54, 1.807) is 11.3 Å². The molecule has 0 aliphatic heterocycles. The lowest BCUT2D eigenvalue weighted by Crippen LogP contribution is -2.21. The van der Waals surface area contributed by atoms with Crippen molar-refractivity contribution in [3.63, 3.8) is 0 Å². The molecule has 0 amide bonds. The van der Waals surface area contributed by atoms with Crippen LogP contribution in [0.4, 0.5) is 0 Å². The number of thiazole rings is 1. The fraction of sp³-hybridized carbons (Fsp3) is 0.500. The smallest absolute Gasteiger partial charge is 0.317 e. The van der Waals surface area contributed by atoms with E-state index in [0.717, 1.165) is 15.6 Å². The lowest BCUT2D eigenvalue weighted by Gasteiger charge is -1.98. The number of aliphatic carboxylic acids is 1. The molecule has 0 aliphatic rings. The van der Waals surface area contributed by atoms with Gasteiger partial charge in [-0.15, -0.1) is 11.3 Å². The van der Waals surface area contributed by atoms with E-state index >= 15 is 0 Å². The van der Waals surface area contributed by atoms with Gasteiger partial charge in [0.15, 0.2) is 0 Å². The molecule has 0 radical (unpaired) electrons. The van der Waals surface area contributed by atoms with E-state index in [-0.39, 0.29) is 6.54 Å². The Balaban J connectivity index is 2.45. The molecule has 0 aromatic carbocycles. The number of nitrogens with one attached hydrogen (secondary N) is 1. The summed E-state index contributed by atoms with van der Waals surface area (Å²) in [5, 5.41) is 12.2. The summed E-state index contributed by atoms with van der Waals surface area (Å²) in [5.74, 6) is -0.834. The van der Waals surface area contributed by atoms with Gasteiger partial charge in [-0.25, -0.2) is 4.98 Å². The molecule has 72 valence electrons. The number of carbonyl (C=O) groups is 1. The van der Waals surface area contributed by atoms with Crippen LogP contribution in [0.15, 0.2) is 0 Å². The Kier molecular flexibility index (Phi) is 3.39. The molecule has 0 spiro atoms. The second-order valence-electron chi connectivity index (χ2n) is 2.74. The van der Waals surface area contributed by atoms with Gasteiger partial charge in [0, 0.05) is 11.4 Å². The number of hydrogen-bond acceptors (Lipinski definition) is 4. The van der Waals surface area contributed by atoms with Gasteiger partial charge in [0.25, 0.3) is 0 Å². The molecule has 0 saturated carbocycles. The minimum atomic E-state index is -0.834. The Labute approximate surface area is 80.6 Å². The molecule has 1 heterocycles. The molecule has 13 heavy (non-hydrogen) atoms. The van der Waals surface area contributed by atoms with Crippen LogP contribution in [0.2, 0.25) is 0 Å². The average Bonchev–Trinajstić information content (AvgIpc) is 2.29. The molecule has 4 nitrogen and oxygen atoms in total. The second-order valence-corrected chi connectivity index (χ2v) is 4.03. The summed E-state index contributed by atoms with van der Waals surface area (Å²) in [4.78, 5) is 15.6. The third-order valence-electron chi connectivity index (χ3n) is 1.56. The van der Waals surface area contributed by atoms with Crippen molar-refractivity contribution in [2.75, 3.05) is 6.54 Å². The monoisotopic (exact) mass is 200 g/mol. The number of aromatic nitrogens is 1. The highest BCUT2D eigenvalue weighted by atomic mass is 32.1. The van der Waals surface area contributed by atoms with Crippen LogP contribution in [-0.4, -0.2) is 22.6 Å². The Morgan fingerprint density at radius 1 is 1.62 bits per heavy atom. The Morgan fingerprint density at radius 2 is 2.31 bits per heavy atom. The number of hydrogen-bond donors (Lipinski definition) is 2. The molecular formula is C8H12N2O2S. The van der Waals surface area contributed by atoms with E-state index in [2.05, 4.69) is 10.3 Å². The van der Waals surface area contributed by atoms with Gasteiger partial charge in [0.05, 0.1) is 17.2 Å². The van der Waals surface area contributed by atoms with E-state index in [9.17, 15) is 4.79 Å². The molecule has 0 fully saturated rings. The predicted octanol–water partition coefficient (Wildman–Crippen LogP) is 0.934. The summed E-state index contributed by atoms with van der Waals surface area (Å²) >= 11 is 1.60. The second kappa shape index (κ2) is 4.34. The van der Waals surface area contributed by atoms with Crippen LogP contribution >= 0.6 is 11.3 Å². The molecule has 0 bridgehead atoms. The van der Waals surface area contributed by atoms with Crippen LogP contribution in [0.5, 0.6) is 0 Å². The van der Waals surface area contributed by atoms with Gasteiger partial charge in [-0.05, 0) is 13.8 Å². The molecule has 5 heteroatoms. The van der Waals surface area contributed by atoms with Gasteiger partial charge in [-0.1, -0.05) is 0 Å². The first-order valence-electron chi connectivity index (χ1n) is 3.95. The first kappa shape index (κ1) is 10.1. The fourth-order valence-electron chi connectivity index (χ4n) is 1.02. The largest absolute Gasteiger partial charge is 0.480 e. The third kappa shape index (κ3) is 3.12. The zero-order valence-electron chi connectivity index (χ0n) is 7.63. The van der Waals surface area contributed by atoms with Crippen molar-refractivity contribution in [2.45, 2.75) is 20.4 Å². The van der Waals surface area contributed by atoms with Crippen LogP contribution in [0, 0.1) is 13.8 Å². The Morgan fingerprint density at radius 3 is 2.77 bits per heavy atom. The van der Waals surface area contributed by atoms with Gasteiger partial charge in [0.2, 0.25) is 0 Å². The summed E-state index contributed by atoms with van der Waals surface area (Å²) in [5.41, 5.74) is 0.986. The molecule has 0 saturated heterocycles. The van der Waals surface area contributed by atoms with Crippen LogP contribution in [0.3, 0.4) is 0 Å². The zero-order valence-corrected chi connectivity index (χ0v) is 8.44. The maximum absolute atomic E-state index is 10.2. The summed E-state index contributed by atoms with van der Waals surface area (Å²) in [6.07, 6.45) is 0. The molecule has 0 atom stereocenters. The van der Waals surface area contributed by atoms with Crippen molar-refractivity contribution in [2.24, 2.45) is 0 Å². The number of nitrogens with zero attached hydrogens (tertiary/aromatic N) is 1. The first-order chi connectivity index (χ1) is 6.09. The van der Waals surface area contributed by atoms with E-state index in [1.807, 2.05) is 13.8 Å². The molecule has 0 aliphatic carbocycles. The summed E-state index contributed by atoms with van der Waals surface area (Å²) in [6, 6.07) is 0. The number of rotatable bonds is 4. The number of aryl methyl sites for hydroxylation is 2. The molecular weight excluding hydrogens is 188 g/mol. The first-order valence-corrected chi connectivity index (χ1v) is 4.76. The SMILES string of the molecule is Cc1nc(C)c(CNCC(=O)O)s1. The van der Waals surface area contributed by atoms with Crippen molar-refractivity contribution in [1.29, 1.82) is 0 Å². The van der Waals surface area contributed by atoms with Gasteiger partial charge in [-0.3, -0.25) is 4.79 Å². The Bertz CT molecular complexity index is 309. The third-order valence-corrected chi connectivity index (χ3v) is 2.63. The summed E-state index contributed by atoms with van der Waals surface area (Å²) < 4.78 is 0. The summed E-state index contributed by atoms with van der Waals surface area (Å²) in [6.45, 7) is 4.46. The lowest BCUT2D eigenvalue weighted by atomic mass is 10.4. The lowest BCUT2D eigenvalue weighted by molar-refractivity contribution is -0.135. The zero-order chi connectivity index (χ0) is 9.84.